The summed E-state index contributed by atoms with van der Waals surface area (Å²) in [6.07, 6.45) is 9.20. The smallest absolute Gasteiger partial charge is 0.250 e. The van der Waals surface area contributed by atoms with Crippen molar-refractivity contribution in [2.75, 3.05) is 5.32 Å². The zero-order valence-electron chi connectivity index (χ0n) is 21.6. The predicted molar refractivity (Wildman–Crippen MR) is 156 cm³/mol. The molecule has 2 heterocycles. The van der Waals surface area contributed by atoms with Gasteiger partial charge in [0.25, 0.3) is 0 Å². The molecular formula is C31H29N5O2S. The molecule has 2 unspecified atom stereocenters. The minimum atomic E-state index is -0.512. The van der Waals surface area contributed by atoms with Gasteiger partial charge in [0.15, 0.2) is 10.9 Å². The van der Waals surface area contributed by atoms with Crippen LogP contribution in [0.2, 0.25) is 0 Å². The number of nitrogens with one attached hydrogen (secondary N) is 1. The Morgan fingerprint density at radius 2 is 1.77 bits per heavy atom. The van der Waals surface area contributed by atoms with Crippen LogP contribution in [0.5, 0.6) is 0 Å². The van der Waals surface area contributed by atoms with E-state index < -0.39 is 6.04 Å². The molecule has 0 radical (unpaired) electrons. The third-order valence-corrected chi connectivity index (χ3v) is 7.57. The lowest BCUT2D eigenvalue weighted by atomic mass is 9.83. The highest BCUT2D eigenvalue weighted by atomic mass is 32.1. The molecule has 0 aliphatic heterocycles. The monoisotopic (exact) mass is 535 g/mol. The number of nitrogens with zero attached hydrogens (tertiary/aromatic N) is 4. The predicted octanol–water partition coefficient (Wildman–Crippen LogP) is 6.94. The quantitative estimate of drug-likeness (QED) is 0.146. The van der Waals surface area contributed by atoms with Crippen LogP contribution in [0.1, 0.15) is 59.6 Å². The highest BCUT2D eigenvalue weighted by Crippen LogP contribution is 2.36. The number of carbonyl (C=O) groups excluding carboxylic acids is 2. The molecule has 0 aliphatic rings. The van der Waals surface area contributed by atoms with Gasteiger partial charge in [0, 0.05) is 17.6 Å². The van der Waals surface area contributed by atoms with Crippen molar-refractivity contribution in [1.29, 1.82) is 0 Å². The molecule has 39 heavy (non-hydrogen) atoms. The van der Waals surface area contributed by atoms with Gasteiger partial charge in [-0.05, 0) is 35.8 Å². The van der Waals surface area contributed by atoms with Crippen LogP contribution >= 0.6 is 11.3 Å². The first kappa shape index (κ1) is 26.2. The number of fused-ring (bicyclic) bond motifs is 1. The fourth-order valence-electron chi connectivity index (χ4n) is 4.65. The van der Waals surface area contributed by atoms with Gasteiger partial charge in [0.05, 0.1) is 10.2 Å². The molecule has 8 heteroatoms. The number of benzene rings is 3. The summed E-state index contributed by atoms with van der Waals surface area (Å²) in [5, 5.41) is 7.77. The maximum absolute atomic E-state index is 13.7. The van der Waals surface area contributed by atoms with Crippen molar-refractivity contribution >= 4 is 44.5 Å². The summed E-state index contributed by atoms with van der Waals surface area (Å²) in [6, 6.07) is 24.6. The van der Waals surface area contributed by atoms with Crippen molar-refractivity contribution in [2.45, 2.75) is 38.1 Å². The number of carbonyl (C=O) groups is 2. The van der Waals surface area contributed by atoms with Gasteiger partial charge in [-0.25, -0.2) is 14.6 Å². The number of para-hydroxylation sites is 1. The van der Waals surface area contributed by atoms with E-state index in [0.29, 0.717) is 10.7 Å². The molecule has 0 spiro atoms. The average molecular weight is 536 g/mol. The Balaban J connectivity index is 1.35. The van der Waals surface area contributed by atoms with Gasteiger partial charge in [0.1, 0.15) is 18.7 Å². The fourth-order valence-corrected chi connectivity index (χ4v) is 5.52. The first-order chi connectivity index (χ1) is 19.1. The first-order valence-corrected chi connectivity index (χ1v) is 13.8. The van der Waals surface area contributed by atoms with Crippen LogP contribution in [0.3, 0.4) is 0 Å². The minimum absolute atomic E-state index is 0.0118. The summed E-state index contributed by atoms with van der Waals surface area (Å²) in [7, 11) is 0. The second kappa shape index (κ2) is 12.4. The van der Waals surface area contributed by atoms with Crippen molar-refractivity contribution in [3.63, 3.8) is 0 Å². The second-order valence-corrected chi connectivity index (χ2v) is 10.3. The Kier molecular flexibility index (Phi) is 8.33. The lowest BCUT2D eigenvalue weighted by molar-refractivity contribution is -0.111. The third-order valence-electron chi connectivity index (χ3n) is 6.61. The fraction of sp³-hybridized carbons (Fsp3) is 0.194. The zero-order chi connectivity index (χ0) is 27.0. The van der Waals surface area contributed by atoms with Crippen molar-refractivity contribution in [3.05, 3.63) is 114 Å². The van der Waals surface area contributed by atoms with E-state index in [1.165, 1.54) is 23.7 Å². The summed E-state index contributed by atoms with van der Waals surface area (Å²) in [5.74, 6) is -0.309. The van der Waals surface area contributed by atoms with E-state index in [2.05, 4.69) is 27.3 Å². The summed E-state index contributed by atoms with van der Waals surface area (Å²) in [4.78, 5) is 34.8. The van der Waals surface area contributed by atoms with E-state index in [1.54, 1.807) is 17.1 Å². The van der Waals surface area contributed by atoms with Gasteiger partial charge < -0.3 is 0 Å². The highest BCUT2D eigenvalue weighted by molar-refractivity contribution is 7.22. The second-order valence-electron chi connectivity index (χ2n) is 9.28. The number of hydrogen-bond donors (Lipinski definition) is 1. The number of hydrogen-bond acceptors (Lipinski definition) is 6. The Morgan fingerprint density at radius 3 is 2.49 bits per heavy atom. The summed E-state index contributed by atoms with van der Waals surface area (Å²) in [6.45, 7) is 2.15. The van der Waals surface area contributed by atoms with E-state index in [0.717, 1.165) is 40.6 Å². The lowest BCUT2D eigenvalue weighted by Crippen LogP contribution is -2.27. The van der Waals surface area contributed by atoms with Gasteiger partial charge in [-0.3, -0.25) is 14.9 Å². The highest BCUT2D eigenvalue weighted by Gasteiger charge is 2.32. The zero-order valence-corrected chi connectivity index (χ0v) is 22.4. The van der Waals surface area contributed by atoms with Crippen LogP contribution in [0, 0.1) is 0 Å². The molecule has 3 aromatic carbocycles. The van der Waals surface area contributed by atoms with Gasteiger partial charge in [-0.2, -0.15) is 5.10 Å². The number of anilines is 1. The number of thiazole rings is 1. The average Bonchev–Trinajstić information content (AvgIpc) is 3.64. The van der Waals surface area contributed by atoms with Gasteiger partial charge in [-0.1, -0.05) is 97.8 Å². The summed E-state index contributed by atoms with van der Waals surface area (Å²) < 4.78 is 2.70. The Hall–Kier alpha value is -4.43. The van der Waals surface area contributed by atoms with Crippen molar-refractivity contribution in [1.82, 2.24) is 19.7 Å². The molecule has 7 nitrogen and oxygen atoms in total. The molecule has 196 valence electrons. The molecule has 0 bridgehead atoms. The van der Waals surface area contributed by atoms with Crippen LogP contribution in [0.15, 0.2) is 97.6 Å². The van der Waals surface area contributed by atoms with Gasteiger partial charge in [0.2, 0.25) is 5.91 Å². The van der Waals surface area contributed by atoms with E-state index in [9.17, 15) is 9.59 Å². The van der Waals surface area contributed by atoms with Crippen molar-refractivity contribution < 1.29 is 9.59 Å². The topological polar surface area (TPSA) is 89.8 Å². The third kappa shape index (κ3) is 6.35. The van der Waals surface area contributed by atoms with Crippen LogP contribution < -0.4 is 5.32 Å². The molecule has 0 fully saturated rings. The Bertz CT molecular complexity index is 1530. The van der Waals surface area contributed by atoms with Crippen molar-refractivity contribution in [3.8, 4) is 0 Å². The van der Waals surface area contributed by atoms with E-state index in [1.807, 2.05) is 78.9 Å². The molecule has 0 saturated heterocycles. The van der Waals surface area contributed by atoms with Crippen LogP contribution in [-0.4, -0.2) is 31.4 Å². The molecule has 1 N–H and O–H groups in total. The number of rotatable bonds is 11. The number of unbranched alkanes of at least 4 members (excludes halogenated alkanes) is 1. The first-order valence-electron chi connectivity index (χ1n) is 13.0. The van der Waals surface area contributed by atoms with E-state index in [4.69, 9.17) is 0 Å². The SMILES string of the molecule is CCCCC(c1ccc(C=CC(=O)Nc2nc3ccccc3s2)cc1)C(C(=O)c1ccccc1)n1cncn1. The van der Waals surface area contributed by atoms with Crippen LogP contribution in [0.4, 0.5) is 5.13 Å². The molecule has 2 aromatic heterocycles. The van der Waals surface area contributed by atoms with Gasteiger partial charge in [-0.15, -0.1) is 0 Å². The van der Waals surface area contributed by atoms with E-state index >= 15 is 0 Å². The minimum Gasteiger partial charge on any atom is -0.298 e. The van der Waals surface area contributed by atoms with E-state index in [-0.39, 0.29) is 17.6 Å². The van der Waals surface area contributed by atoms with Gasteiger partial charge >= 0.3 is 0 Å². The van der Waals surface area contributed by atoms with Crippen LogP contribution in [-0.2, 0) is 4.79 Å². The van der Waals surface area contributed by atoms with Crippen LogP contribution in [0.25, 0.3) is 16.3 Å². The maximum atomic E-state index is 13.7. The summed E-state index contributed by atoms with van der Waals surface area (Å²) >= 11 is 1.44. The number of Topliss-reactive ketones (excluding diaryl/α,β-unsaturated/α-hetero) is 1. The number of amides is 1. The largest absolute Gasteiger partial charge is 0.298 e. The number of ketones is 1. The molecule has 1 amide bonds. The Morgan fingerprint density at radius 1 is 1.00 bits per heavy atom. The maximum Gasteiger partial charge on any atom is 0.250 e. The summed E-state index contributed by atoms with van der Waals surface area (Å²) in [5.41, 5.74) is 3.45. The standard InChI is InChI=1S/C31H29N5O2S/c1-2-3-11-25(29(36-21-32-20-33-36)30(38)24-9-5-4-6-10-24)23-17-14-22(15-18-23)16-19-28(37)35-31-34-26-12-7-8-13-27(26)39-31/h4-10,12-21,25,29H,2-3,11H2,1H3,(H,34,35,37). The lowest BCUT2D eigenvalue weighted by Gasteiger charge is -2.27. The molecular weight excluding hydrogens is 506 g/mol. The Labute approximate surface area is 231 Å². The molecule has 5 rings (SSSR count). The molecule has 2 atom stereocenters. The number of aromatic nitrogens is 4. The van der Waals surface area contributed by atoms with Crippen molar-refractivity contribution in [2.24, 2.45) is 0 Å². The molecule has 0 aliphatic carbocycles. The molecule has 0 saturated carbocycles. The molecule has 5 aromatic rings. The normalized spacial score (nSPS) is 12.9.